The summed E-state index contributed by atoms with van der Waals surface area (Å²) in [5.41, 5.74) is 2.02. The standard InChI is InChI=1S/C13H22ClN3/c1-5-13(6-2,8-14)9-16-12-11(4)15-7-10(3)17-12/h7H,5-6,8-9H2,1-4H3,(H,16,17). The summed E-state index contributed by atoms with van der Waals surface area (Å²) < 4.78 is 0. The molecule has 1 rings (SSSR count). The Hall–Kier alpha value is -0.830. The van der Waals surface area contributed by atoms with Crippen LogP contribution < -0.4 is 5.32 Å². The molecule has 1 N–H and O–H groups in total. The van der Waals surface area contributed by atoms with E-state index in [1.54, 1.807) is 6.20 Å². The van der Waals surface area contributed by atoms with Crippen LogP contribution in [0.1, 0.15) is 38.1 Å². The van der Waals surface area contributed by atoms with Gasteiger partial charge in [-0.05, 0) is 26.7 Å². The van der Waals surface area contributed by atoms with E-state index in [1.807, 2.05) is 13.8 Å². The van der Waals surface area contributed by atoms with Crippen LogP contribution in [0.3, 0.4) is 0 Å². The van der Waals surface area contributed by atoms with Crippen molar-refractivity contribution in [3.63, 3.8) is 0 Å². The van der Waals surface area contributed by atoms with Crippen molar-refractivity contribution in [1.82, 2.24) is 9.97 Å². The van der Waals surface area contributed by atoms with Gasteiger partial charge in [-0.1, -0.05) is 13.8 Å². The molecule has 0 aromatic carbocycles. The smallest absolute Gasteiger partial charge is 0.147 e. The number of aromatic nitrogens is 2. The van der Waals surface area contributed by atoms with E-state index < -0.39 is 0 Å². The van der Waals surface area contributed by atoms with Crippen LogP contribution in [0, 0.1) is 19.3 Å². The molecule has 3 nitrogen and oxygen atoms in total. The monoisotopic (exact) mass is 255 g/mol. The third-order valence-corrected chi connectivity index (χ3v) is 4.06. The fraction of sp³-hybridized carbons (Fsp3) is 0.692. The third kappa shape index (κ3) is 3.56. The second-order valence-electron chi connectivity index (χ2n) is 4.64. The van der Waals surface area contributed by atoms with Crippen molar-refractivity contribution in [1.29, 1.82) is 0 Å². The molecule has 0 aliphatic heterocycles. The zero-order chi connectivity index (χ0) is 12.9. The number of anilines is 1. The molecule has 0 aliphatic carbocycles. The van der Waals surface area contributed by atoms with Crippen molar-refractivity contribution >= 4 is 17.4 Å². The van der Waals surface area contributed by atoms with Gasteiger partial charge >= 0.3 is 0 Å². The summed E-state index contributed by atoms with van der Waals surface area (Å²) in [5, 5.41) is 3.39. The Kier molecular flexibility index (Phi) is 5.19. The Morgan fingerprint density at radius 3 is 2.47 bits per heavy atom. The van der Waals surface area contributed by atoms with Gasteiger partial charge in [0.1, 0.15) is 5.82 Å². The van der Waals surface area contributed by atoms with E-state index in [1.165, 1.54) is 0 Å². The van der Waals surface area contributed by atoms with Gasteiger partial charge in [0.05, 0.1) is 11.4 Å². The molecule has 0 aliphatic rings. The molecule has 0 spiro atoms. The number of aryl methyl sites for hydroxylation is 2. The molecule has 0 radical (unpaired) electrons. The molecule has 0 atom stereocenters. The first-order valence-electron chi connectivity index (χ1n) is 6.17. The van der Waals surface area contributed by atoms with E-state index in [0.717, 1.165) is 36.6 Å². The molecule has 0 amide bonds. The van der Waals surface area contributed by atoms with Crippen molar-refractivity contribution in [2.45, 2.75) is 40.5 Å². The molecule has 96 valence electrons. The van der Waals surface area contributed by atoms with Crippen LogP contribution >= 0.6 is 11.6 Å². The van der Waals surface area contributed by atoms with Crippen LogP contribution in [0.4, 0.5) is 5.82 Å². The second-order valence-corrected chi connectivity index (χ2v) is 4.91. The van der Waals surface area contributed by atoms with E-state index >= 15 is 0 Å². The van der Waals surface area contributed by atoms with Gasteiger partial charge < -0.3 is 5.32 Å². The largest absolute Gasteiger partial charge is 0.368 e. The Balaban J connectivity index is 2.75. The quantitative estimate of drug-likeness (QED) is 0.790. The van der Waals surface area contributed by atoms with Gasteiger partial charge in [-0.3, -0.25) is 4.98 Å². The number of nitrogens with zero attached hydrogens (tertiary/aromatic N) is 2. The Morgan fingerprint density at radius 1 is 1.29 bits per heavy atom. The number of hydrogen-bond acceptors (Lipinski definition) is 3. The van der Waals surface area contributed by atoms with E-state index in [2.05, 4.69) is 29.1 Å². The minimum atomic E-state index is 0.152. The summed E-state index contributed by atoms with van der Waals surface area (Å²) in [6.07, 6.45) is 3.92. The molecule has 0 saturated heterocycles. The molecule has 1 heterocycles. The zero-order valence-electron chi connectivity index (χ0n) is 11.2. The van der Waals surface area contributed by atoms with Crippen molar-refractivity contribution < 1.29 is 0 Å². The normalized spacial score (nSPS) is 11.6. The Morgan fingerprint density at radius 2 is 1.94 bits per heavy atom. The summed E-state index contributed by atoms with van der Waals surface area (Å²) in [7, 11) is 0. The van der Waals surface area contributed by atoms with Crippen LogP contribution in [0.2, 0.25) is 0 Å². The van der Waals surface area contributed by atoms with Crippen LogP contribution in [0.25, 0.3) is 0 Å². The van der Waals surface area contributed by atoms with Crippen molar-refractivity contribution in [2.24, 2.45) is 5.41 Å². The predicted octanol–water partition coefficient (Wildman–Crippen LogP) is 3.55. The van der Waals surface area contributed by atoms with Gasteiger partial charge in [0.2, 0.25) is 0 Å². The minimum Gasteiger partial charge on any atom is -0.368 e. The number of nitrogens with one attached hydrogen (secondary N) is 1. The van der Waals surface area contributed by atoms with Crippen LogP contribution in [-0.4, -0.2) is 22.4 Å². The first-order valence-corrected chi connectivity index (χ1v) is 6.70. The maximum absolute atomic E-state index is 6.09. The lowest BCUT2D eigenvalue weighted by Gasteiger charge is -2.29. The molecule has 1 aromatic heterocycles. The lowest BCUT2D eigenvalue weighted by molar-refractivity contribution is 0.326. The molecular formula is C13H22ClN3. The molecule has 0 fully saturated rings. The van der Waals surface area contributed by atoms with E-state index in [0.29, 0.717) is 5.88 Å². The highest BCUT2D eigenvalue weighted by Crippen LogP contribution is 2.28. The summed E-state index contributed by atoms with van der Waals surface area (Å²) >= 11 is 6.09. The number of hydrogen-bond donors (Lipinski definition) is 1. The fourth-order valence-corrected chi connectivity index (χ4v) is 2.18. The van der Waals surface area contributed by atoms with Crippen molar-refractivity contribution in [3.8, 4) is 0 Å². The lowest BCUT2D eigenvalue weighted by Crippen LogP contribution is -2.31. The third-order valence-electron chi connectivity index (χ3n) is 3.49. The molecule has 1 aromatic rings. The Labute approximate surface area is 109 Å². The molecule has 17 heavy (non-hydrogen) atoms. The van der Waals surface area contributed by atoms with Crippen LogP contribution in [-0.2, 0) is 0 Å². The van der Waals surface area contributed by atoms with Gasteiger partial charge in [-0.2, -0.15) is 0 Å². The van der Waals surface area contributed by atoms with Crippen LogP contribution in [0.15, 0.2) is 6.20 Å². The highest BCUT2D eigenvalue weighted by atomic mass is 35.5. The van der Waals surface area contributed by atoms with E-state index in [4.69, 9.17) is 11.6 Å². The average molecular weight is 256 g/mol. The summed E-state index contributed by atoms with van der Waals surface area (Å²) in [5.74, 6) is 1.55. The minimum absolute atomic E-state index is 0.152. The zero-order valence-corrected chi connectivity index (χ0v) is 11.9. The summed E-state index contributed by atoms with van der Waals surface area (Å²) in [6.45, 7) is 9.13. The van der Waals surface area contributed by atoms with E-state index in [9.17, 15) is 0 Å². The second kappa shape index (κ2) is 6.20. The van der Waals surface area contributed by atoms with Gasteiger partial charge in [-0.15, -0.1) is 11.6 Å². The number of alkyl halides is 1. The number of halogens is 1. The summed E-state index contributed by atoms with van der Waals surface area (Å²) in [4.78, 5) is 8.76. The van der Waals surface area contributed by atoms with Gasteiger partial charge in [-0.25, -0.2) is 4.98 Å². The first-order chi connectivity index (χ1) is 8.06. The molecule has 4 heteroatoms. The lowest BCUT2D eigenvalue weighted by atomic mass is 9.84. The van der Waals surface area contributed by atoms with Crippen molar-refractivity contribution in [2.75, 3.05) is 17.7 Å². The average Bonchev–Trinajstić information content (AvgIpc) is 2.35. The topological polar surface area (TPSA) is 37.8 Å². The number of rotatable bonds is 6. The van der Waals surface area contributed by atoms with Crippen molar-refractivity contribution in [3.05, 3.63) is 17.6 Å². The predicted molar refractivity (Wildman–Crippen MR) is 73.7 cm³/mol. The molecule has 0 bridgehead atoms. The SMILES string of the molecule is CCC(CC)(CCl)CNc1nc(C)cnc1C. The maximum Gasteiger partial charge on any atom is 0.147 e. The van der Waals surface area contributed by atoms with Gasteiger partial charge in [0.15, 0.2) is 0 Å². The molecular weight excluding hydrogens is 234 g/mol. The fourth-order valence-electron chi connectivity index (χ4n) is 1.71. The molecule has 0 saturated carbocycles. The maximum atomic E-state index is 6.09. The highest BCUT2D eigenvalue weighted by Gasteiger charge is 2.25. The first kappa shape index (κ1) is 14.2. The molecule has 0 unspecified atom stereocenters. The highest BCUT2D eigenvalue weighted by molar-refractivity contribution is 6.18. The van der Waals surface area contributed by atoms with Gasteiger partial charge in [0, 0.05) is 24.0 Å². The summed E-state index contributed by atoms with van der Waals surface area (Å²) in [6, 6.07) is 0. The Bertz CT molecular complexity index is 353. The van der Waals surface area contributed by atoms with Crippen LogP contribution in [0.5, 0.6) is 0 Å². The van der Waals surface area contributed by atoms with Gasteiger partial charge in [0.25, 0.3) is 0 Å². The van der Waals surface area contributed by atoms with E-state index in [-0.39, 0.29) is 5.41 Å².